The SMILES string of the molecule is O=C(c1cc(O)cc(O)c1)N1CC2CCC(O)C2C1. The van der Waals surface area contributed by atoms with E-state index < -0.39 is 0 Å². The lowest BCUT2D eigenvalue weighted by atomic mass is 10.00. The molecule has 1 aromatic carbocycles. The lowest BCUT2D eigenvalue weighted by Gasteiger charge is -2.18. The van der Waals surface area contributed by atoms with Gasteiger partial charge in [-0.15, -0.1) is 0 Å². The van der Waals surface area contributed by atoms with Crippen molar-refractivity contribution in [3.05, 3.63) is 23.8 Å². The van der Waals surface area contributed by atoms with Crippen LogP contribution < -0.4 is 0 Å². The number of fused-ring (bicyclic) bond motifs is 1. The first kappa shape index (κ1) is 12.3. The van der Waals surface area contributed by atoms with Gasteiger partial charge < -0.3 is 20.2 Å². The molecule has 102 valence electrons. The minimum Gasteiger partial charge on any atom is -0.508 e. The molecule has 0 radical (unpaired) electrons. The fourth-order valence-corrected chi connectivity index (χ4v) is 3.30. The molecular weight excluding hydrogens is 246 g/mol. The Morgan fingerprint density at radius 3 is 2.42 bits per heavy atom. The lowest BCUT2D eigenvalue weighted by Crippen LogP contribution is -2.31. The Balaban J connectivity index is 1.78. The third-order valence-corrected chi connectivity index (χ3v) is 4.26. The van der Waals surface area contributed by atoms with Crippen molar-refractivity contribution in [3.8, 4) is 11.5 Å². The van der Waals surface area contributed by atoms with Crippen molar-refractivity contribution in [1.82, 2.24) is 4.90 Å². The second-order valence-electron chi connectivity index (χ2n) is 5.52. The van der Waals surface area contributed by atoms with E-state index in [1.807, 2.05) is 0 Å². The number of aromatic hydroxyl groups is 2. The molecule has 1 heterocycles. The van der Waals surface area contributed by atoms with Crippen LogP contribution in [-0.4, -0.2) is 45.3 Å². The average molecular weight is 263 g/mol. The minimum atomic E-state index is -0.305. The van der Waals surface area contributed by atoms with Crippen molar-refractivity contribution in [1.29, 1.82) is 0 Å². The molecule has 1 saturated heterocycles. The molecule has 3 unspecified atom stereocenters. The molecule has 5 nitrogen and oxygen atoms in total. The van der Waals surface area contributed by atoms with Crippen LogP contribution in [0.3, 0.4) is 0 Å². The summed E-state index contributed by atoms with van der Waals surface area (Å²) in [5, 5.41) is 28.7. The van der Waals surface area contributed by atoms with Crippen molar-refractivity contribution >= 4 is 5.91 Å². The zero-order chi connectivity index (χ0) is 13.6. The molecule has 1 amide bonds. The molecule has 5 heteroatoms. The first-order valence-corrected chi connectivity index (χ1v) is 6.55. The average Bonchev–Trinajstić information content (AvgIpc) is 2.90. The quantitative estimate of drug-likeness (QED) is 0.704. The van der Waals surface area contributed by atoms with E-state index in [-0.39, 0.29) is 35.0 Å². The Kier molecular flexibility index (Phi) is 2.86. The van der Waals surface area contributed by atoms with Gasteiger partial charge in [0.15, 0.2) is 0 Å². The van der Waals surface area contributed by atoms with Gasteiger partial charge in [-0.1, -0.05) is 0 Å². The summed E-state index contributed by atoms with van der Waals surface area (Å²) < 4.78 is 0. The van der Waals surface area contributed by atoms with Crippen molar-refractivity contribution in [2.45, 2.75) is 18.9 Å². The van der Waals surface area contributed by atoms with Crippen LogP contribution in [0.2, 0.25) is 0 Å². The molecule has 19 heavy (non-hydrogen) atoms. The lowest BCUT2D eigenvalue weighted by molar-refractivity contribution is 0.0751. The number of aliphatic hydroxyl groups is 1. The molecule has 0 spiro atoms. The Labute approximate surface area is 111 Å². The molecule has 1 saturated carbocycles. The maximum absolute atomic E-state index is 12.3. The van der Waals surface area contributed by atoms with Gasteiger partial charge in [-0.25, -0.2) is 0 Å². The van der Waals surface area contributed by atoms with Crippen LogP contribution in [0.1, 0.15) is 23.2 Å². The summed E-state index contributed by atoms with van der Waals surface area (Å²) in [4.78, 5) is 14.0. The summed E-state index contributed by atoms with van der Waals surface area (Å²) in [7, 11) is 0. The second kappa shape index (κ2) is 4.42. The van der Waals surface area contributed by atoms with Crippen LogP contribution in [0, 0.1) is 11.8 Å². The summed E-state index contributed by atoms with van der Waals surface area (Å²) in [5.74, 6) is 0.109. The summed E-state index contributed by atoms with van der Waals surface area (Å²) in [6, 6.07) is 3.90. The summed E-state index contributed by atoms with van der Waals surface area (Å²) in [6.45, 7) is 1.21. The van der Waals surface area contributed by atoms with Gasteiger partial charge in [-0.2, -0.15) is 0 Å². The van der Waals surface area contributed by atoms with E-state index in [9.17, 15) is 20.1 Å². The Morgan fingerprint density at radius 1 is 1.11 bits per heavy atom. The Hall–Kier alpha value is -1.75. The molecule has 1 aliphatic heterocycles. The summed E-state index contributed by atoms with van der Waals surface area (Å²) >= 11 is 0. The van der Waals surface area contributed by atoms with Crippen molar-refractivity contribution in [2.24, 2.45) is 11.8 Å². The van der Waals surface area contributed by atoms with Gasteiger partial charge in [0, 0.05) is 30.6 Å². The molecule has 0 aromatic heterocycles. The van der Waals surface area contributed by atoms with Gasteiger partial charge in [-0.05, 0) is 30.9 Å². The molecule has 1 aromatic rings. The van der Waals surface area contributed by atoms with Gasteiger partial charge in [0.05, 0.1) is 6.10 Å². The third kappa shape index (κ3) is 2.14. The van der Waals surface area contributed by atoms with Gasteiger partial charge in [0.2, 0.25) is 0 Å². The highest BCUT2D eigenvalue weighted by atomic mass is 16.3. The second-order valence-corrected chi connectivity index (χ2v) is 5.52. The molecule has 3 atom stereocenters. The maximum Gasteiger partial charge on any atom is 0.254 e. The van der Waals surface area contributed by atoms with Crippen molar-refractivity contribution < 1.29 is 20.1 Å². The largest absolute Gasteiger partial charge is 0.508 e. The number of rotatable bonds is 1. The number of amides is 1. The standard InChI is InChI=1S/C14H17NO4/c16-10-3-9(4-11(17)5-10)14(19)15-6-8-1-2-13(18)12(8)7-15/h3-5,8,12-13,16-18H,1-2,6-7H2. The van der Waals surface area contributed by atoms with Gasteiger partial charge >= 0.3 is 0 Å². The molecule has 0 bridgehead atoms. The number of hydrogen-bond donors (Lipinski definition) is 3. The number of carbonyl (C=O) groups excluding carboxylic acids is 1. The zero-order valence-electron chi connectivity index (χ0n) is 10.5. The van der Waals surface area contributed by atoms with Gasteiger partial charge in [-0.3, -0.25) is 4.79 Å². The zero-order valence-corrected chi connectivity index (χ0v) is 10.5. The van der Waals surface area contributed by atoms with Crippen LogP contribution in [0.15, 0.2) is 18.2 Å². The van der Waals surface area contributed by atoms with E-state index in [0.29, 0.717) is 19.0 Å². The molecule has 3 rings (SSSR count). The normalized spacial score (nSPS) is 29.5. The van der Waals surface area contributed by atoms with Crippen LogP contribution >= 0.6 is 0 Å². The van der Waals surface area contributed by atoms with E-state index in [1.165, 1.54) is 18.2 Å². The minimum absolute atomic E-state index is 0.122. The molecule has 1 aliphatic carbocycles. The Bertz CT molecular complexity index is 496. The molecule has 2 aliphatic rings. The van der Waals surface area contributed by atoms with Gasteiger partial charge in [0.1, 0.15) is 11.5 Å². The maximum atomic E-state index is 12.3. The number of aliphatic hydroxyl groups excluding tert-OH is 1. The number of benzene rings is 1. The van der Waals surface area contributed by atoms with Crippen LogP contribution in [0.25, 0.3) is 0 Å². The highest BCUT2D eigenvalue weighted by Gasteiger charge is 2.43. The molecule has 2 fully saturated rings. The molecular formula is C14H17NO4. The number of phenolic OH excluding ortho intramolecular Hbond substituents is 2. The van der Waals surface area contributed by atoms with E-state index in [1.54, 1.807) is 4.90 Å². The van der Waals surface area contributed by atoms with E-state index in [0.717, 1.165) is 12.8 Å². The van der Waals surface area contributed by atoms with E-state index in [2.05, 4.69) is 0 Å². The van der Waals surface area contributed by atoms with Crippen LogP contribution in [-0.2, 0) is 0 Å². The number of hydrogen-bond acceptors (Lipinski definition) is 4. The monoisotopic (exact) mass is 263 g/mol. The van der Waals surface area contributed by atoms with Gasteiger partial charge in [0.25, 0.3) is 5.91 Å². The molecule has 3 N–H and O–H groups in total. The van der Waals surface area contributed by atoms with Crippen LogP contribution in [0.4, 0.5) is 0 Å². The Morgan fingerprint density at radius 2 is 1.79 bits per heavy atom. The summed E-state index contributed by atoms with van der Waals surface area (Å²) in [6.07, 6.45) is 1.48. The number of nitrogens with zero attached hydrogens (tertiary/aromatic N) is 1. The number of likely N-dealkylation sites (tertiary alicyclic amines) is 1. The third-order valence-electron chi connectivity index (χ3n) is 4.26. The van der Waals surface area contributed by atoms with E-state index in [4.69, 9.17) is 0 Å². The first-order chi connectivity index (χ1) is 9.04. The highest BCUT2D eigenvalue weighted by molar-refractivity contribution is 5.95. The fourth-order valence-electron chi connectivity index (χ4n) is 3.30. The van der Waals surface area contributed by atoms with Crippen molar-refractivity contribution in [3.63, 3.8) is 0 Å². The topological polar surface area (TPSA) is 81.0 Å². The fraction of sp³-hybridized carbons (Fsp3) is 0.500. The predicted molar refractivity (Wildman–Crippen MR) is 67.9 cm³/mol. The van der Waals surface area contributed by atoms with Crippen molar-refractivity contribution in [2.75, 3.05) is 13.1 Å². The predicted octanol–water partition coefficient (Wildman–Crippen LogP) is 0.941. The van der Waals surface area contributed by atoms with Crippen LogP contribution in [0.5, 0.6) is 11.5 Å². The number of carbonyl (C=O) groups is 1. The number of phenols is 2. The highest BCUT2D eigenvalue weighted by Crippen LogP contribution is 2.38. The first-order valence-electron chi connectivity index (χ1n) is 6.55. The smallest absolute Gasteiger partial charge is 0.254 e. The summed E-state index contributed by atoms with van der Waals surface area (Å²) in [5.41, 5.74) is 0.284. The van der Waals surface area contributed by atoms with E-state index >= 15 is 0 Å².